The lowest BCUT2D eigenvalue weighted by molar-refractivity contribution is -0.144. The number of esters is 1. The molecule has 0 unspecified atom stereocenters. The van der Waals surface area contributed by atoms with Gasteiger partial charge in [-0.15, -0.1) is 6.58 Å². The van der Waals surface area contributed by atoms with E-state index in [1.807, 2.05) is 36.4 Å². The van der Waals surface area contributed by atoms with E-state index < -0.39 is 18.1 Å². The van der Waals surface area contributed by atoms with Gasteiger partial charge in [0.15, 0.2) is 5.78 Å². The maximum Gasteiger partial charge on any atom is 0.407 e. The number of ether oxygens (including phenoxy) is 2. The molecule has 1 aliphatic carbocycles. The van der Waals surface area contributed by atoms with Gasteiger partial charge in [0.1, 0.15) is 6.61 Å². The Labute approximate surface area is 182 Å². The Bertz CT molecular complexity index is 922. The summed E-state index contributed by atoms with van der Waals surface area (Å²) in [6.07, 6.45) is 1.11. The molecule has 1 atom stereocenters. The lowest BCUT2D eigenvalue weighted by Crippen LogP contribution is -2.41. The van der Waals surface area contributed by atoms with Crippen LogP contribution in [0.15, 0.2) is 61.2 Å². The van der Waals surface area contributed by atoms with Gasteiger partial charge in [0.25, 0.3) is 0 Å². The predicted molar refractivity (Wildman–Crippen MR) is 118 cm³/mol. The van der Waals surface area contributed by atoms with Crippen molar-refractivity contribution in [3.05, 3.63) is 72.3 Å². The summed E-state index contributed by atoms with van der Waals surface area (Å²) >= 11 is 0. The van der Waals surface area contributed by atoms with Crippen molar-refractivity contribution in [1.29, 1.82) is 0 Å². The molecule has 1 amide bonds. The molecule has 0 fully saturated rings. The summed E-state index contributed by atoms with van der Waals surface area (Å²) in [7, 11) is 0. The van der Waals surface area contributed by atoms with Crippen molar-refractivity contribution in [3.63, 3.8) is 0 Å². The summed E-state index contributed by atoms with van der Waals surface area (Å²) in [4.78, 5) is 36.4. The minimum Gasteiger partial charge on any atom is -0.466 e. The first kappa shape index (κ1) is 22.3. The average Bonchev–Trinajstić information content (AvgIpc) is 3.10. The maximum atomic E-state index is 12.4. The van der Waals surface area contributed by atoms with Crippen LogP contribution >= 0.6 is 0 Å². The van der Waals surface area contributed by atoms with Gasteiger partial charge in [0, 0.05) is 12.3 Å². The summed E-state index contributed by atoms with van der Waals surface area (Å²) in [5, 5.41) is 2.61. The van der Waals surface area contributed by atoms with E-state index in [0.717, 1.165) is 22.3 Å². The highest BCUT2D eigenvalue weighted by atomic mass is 16.5. The fourth-order valence-corrected chi connectivity index (χ4v) is 3.85. The zero-order valence-electron chi connectivity index (χ0n) is 17.6. The second kappa shape index (κ2) is 10.6. The van der Waals surface area contributed by atoms with Gasteiger partial charge in [-0.3, -0.25) is 9.59 Å². The van der Waals surface area contributed by atoms with E-state index in [9.17, 15) is 14.4 Å². The number of fused-ring (bicyclic) bond motifs is 3. The van der Waals surface area contributed by atoms with E-state index in [0.29, 0.717) is 0 Å². The number of carbonyl (C=O) groups is 3. The molecule has 0 aliphatic heterocycles. The molecule has 6 heteroatoms. The molecule has 1 N–H and O–H groups in total. The van der Waals surface area contributed by atoms with Crippen molar-refractivity contribution in [2.24, 2.45) is 0 Å². The fourth-order valence-electron chi connectivity index (χ4n) is 3.85. The first-order chi connectivity index (χ1) is 15.0. The molecule has 0 saturated heterocycles. The molecular weight excluding hydrogens is 394 g/mol. The summed E-state index contributed by atoms with van der Waals surface area (Å²) in [6, 6.07) is 15.4. The summed E-state index contributed by atoms with van der Waals surface area (Å²) in [5.41, 5.74) is 4.52. The van der Waals surface area contributed by atoms with Crippen LogP contribution in [-0.4, -0.2) is 37.1 Å². The van der Waals surface area contributed by atoms with Crippen LogP contribution in [0.5, 0.6) is 0 Å². The molecule has 31 heavy (non-hydrogen) atoms. The molecule has 0 bridgehead atoms. The van der Waals surface area contributed by atoms with Gasteiger partial charge in [-0.1, -0.05) is 54.6 Å². The van der Waals surface area contributed by atoms with E-state index >= 15 is 0 Å². The Morgan fingerprint density at radius 3 is 2.19 bits per heavy atom. The van der Waals surface area contributed by atoms with Gasteiger partial charge in [0.2, 0.25) is 0 Å². The van der Waals surface area contributed by atoms with Crippen LogP contribution in [0.2, 0.25) is 0 Å². The highest BCUT2D eigenvalue weighted by Gasteiger charge is 2.29. The van der Waals surface area contributed by atoms with E-state index in [1.165, 1.54) is 0 Å². The molecule has 2 aromatic carbocycles. The molecule has 0 saturated carbocycles. The van der Waals surface area contributed by atoms with Crippen LogP contribution < -0.4 is 5.32 Å². The number of ketones is 1. The maximum absolute atomic E-state index is 12.4. The summed E-state index contributed by atoms with van der Waals surface area (Å²) < 4.78 is 10.3. The molecule has 0 heterocycles. The summed E-state index contributed by atoms with van der Waals surface area (Å²) in [6.45, 7) is 5.77. The van der Waals surface area contributed by atoms with Crippen LogP contribution in [-0.2, 0) is 19.1 Å². The Kier molecular flexibility index (Phi) is 7.60. The number of benzene rings is 2. The van der Waals surface area contributed by atoms with Crippen molar-refractivity contribution >= 4 is 17.8 Å². The van der Waals surface area contributed by atoms with Crippen molar-refractivity contribution < 1.29 is 23.9 Å². The van der Waals surface area contributed by atoms with E-state index in [4.69, 9.17) is 9.47 Å². The van der Waals surface area contributed by atoms with Gasteiger partial charge in [0.05, 0.1) is 19.1 Å². The number of hydrogen-bond acceptors (Lipinski definition) is 5. The third-order valence-corrected chi connectivity index (χ3v) is 5.31. The number of Topliss-reactive ketones (excluding diaryl/α,β-unsaturated/α-hetero) is 1. The van der Waals surface area contributed by atoms with Crippen LogP contribution in [0.1, 0.15) is 43.2 Å². The second-order valence-electron chi connectivity index (χ2n) is 7.32. The van der Waals surface area contributed by atoms with Crippen LogP contribution in [0, 0.1) is 0 Å². The number of hydrogen-bond donors (Lipinski definition) is 1. The van der Waals surface area contributed by atoms with E-state index in [1.54, 1.807) is 13.0 Å². The number of rotatable bonds is 10. The SMILES string of the molecule is C=CC[C@H](NC(=O)OCC1c2ccccc2-c2ccccc21)C(=O)CCC(=O)OCC. The third-order valence-electron chi connectivity index (χ3n) is 5.31. The average molecular weight is 421 g/mol. The predicted octanol–water partition coefficient (Wildman–Crippen LogP) is 4.38. The lowest BCUT2D eigenvalue weighted by Gasteiger charge is -2.18. The Morgan fingerprint density at radius 1 is 1.00 bits per heavy atom. The first-order valence-corrected chi connectivity index (χ1v) is 10.5. The Hall–Kier alpha value is -3.41. The minimum absolute atomic E-state index is 0.0129. The molecule has 2 aromatic rings. The lowest BCUT2D eigenvalue weighted by atomic mass is 9.98. The van der Waals surface area contributed by atoms with Crippen LogP contribution in [0.4, 0.5) is 4.79 Å². The number of amides is 1. The molecule has 0 aromatic heterocycles. The summed E-state index contributed by atoms with van der Waals surface area (Å²) in [5.74, 6) is -0.758. The molecule has 162 valence electrons. The van der Waals surface area contributed by atoms with Crippen molar-refractivity contribution in [2.45, 2.75) is 38.1 Å². The van der Waals surface area contributed by atoms with E-state index in [-0.39, 0.29) is 44.2 Å². The van der Waals surface area contributed by atoms with Crippen molar-refractivity contribution in [2.75, 3.05) is 13.2 Å². The smallest absolute Gasteiger partial charge is 0.407 e. The van der Waals surface area contributed by atoms with Gasteiger partial charge >= 0.3 is 12.1 Å². The van der Waals surface area contributed by atoms with Gasteiger partial charge < -0.3 is 14.8 Å². The molecule has 0 radical (unpaired) electrons. The quantitative estimate of drug-likeness (QED) is 0.455. The number of nitrogens with one attached hydrogen (secondary N) is 1. The minimum atomic E-state index is -0.789. The molecular formula is C25H27NO5. The fraction of sp³-hybridized carbons (Fsp3) is 0.320. The highest BCUT2D eigenvalue weighted by molar-refractivity contribution is 5.89. The van der Waals surface area contributed by atoms with Crippen molar-refractivity contribution in [1.82, 2.24) is 5.32 Å². The molecule has 0 spiro atoms. The zero-order chi connectivity index (χ0) is 22.2. The third kappa shape index (κ3) is 5.40. The Balaban J connectivity index is 1.60. The topological polar surface area (TPSA) is 81.7 Å². The standard InChI is InChI=1S/C25H27NO5/c1-3-9-22(23(27)14-15-24(28)30-4-2)26-25(29)31-16-21-19-12-7-5-10-17(19)18-11-6-8-13-20(18)21/h3,5-8,10-13,21-22H,1,4,9,14-16H2,2H3,(H,26,29)/t22-/m0/s1. The van der Waals surface area contributed by atoms with Gasteiger partial charge in [-0.2, -0.15) is 0 Å². The van der Waals surface area contributed by atoms with Crippen LogP contribution in [0.3, 0.4) is 0 Å². The first-order valence-electron chi connectivity index (χ1n) is 10.5. The normalized spacial score (nSPS) is 12.9. The second-order valence-corrected chi connectivity index (χ2v) is 7.32. The monoisotopic (exact) mass is 421 g/mol. The van der Waals surface area contributed by atoms with Crippen molar-refractivity contribution in [3.8, 4) is 11.1 Å². The Morgan fingerprint density at radius 2 is 1.61 bits per heavy atom. The molecule has 1 aliphatic rings. The number of alkyl carbamates (subject to hydrolysis) is 1. The van der Waals surface area contributed by atoms with E-state index in [2.05, 4.69) is 24.0 Å². The number of carbonyl (C=O) groups excluding carboxylic acids is 3. The largest absolute Gasteiger partial charge is 0.466 e. The molecule has 3 rings (SSSR count). The van der Waals surface area contributed by atoms with Gasteiger partial charge in [-0.05, 0) is 35.6 Å². The van der Waals surface area contributed by atoms with Crippen LogP contribution in [0.25, 0.3) is 11.1 Å². The highest BCUT2D eigenvalue weighted by Crippen LogP contribution is 2.44. The van der Waals surface area contributed by atoms with Gasteiger partial charge in [-0.25, -0.2) is 4.79 Å². The zero-order valence-corrected chi connectivity index (χ0v) is 17.6. The molecule has 6 nitrogen and oxygen atoms in total.